The lowest BCUT2D eigenvalue weighted by Crippen LogP contribution is -2.56. The summed E-state index contributed by atoms with van der Waals surface area (Å²) in [5, 5.41) is 5.08. The molecule has 0 aliphatic carbocycles. The molecule has 0 saturated carbocycles. The van der Waals surface area contributed by atoms with Gasteiger partial charge < -0.3 is 22.1 Å². The normalized spacial score (nSPS) is 12.1. The Hall–Kier alpha value is -1.30. The van der Waals surface area contributed by atoms with Crippen LogP contribution >= 0.6 is 0 Å². The molecule has 3 amide bonds. The van der Waals surface area contributed by atoms with E-state index >= 15 is 0 Å². The number of hydrogen-bond acceptors (Lipinski definition) is 3. The van der Waals surface area contributed by atoms with Crippen LogP contribution in [0.5, 0.6) is 0 Å². The fourth-order valence-electron chi connectivity index (χ4n) is 0.875. The minimum atomic E-state index is -0.681. The second kappa shape index (κ2) is 5.16. The van der Waals surface area contributed by atoms with E-state index in [9.17, 15) is 9.59 Å². The first-order valence-electron chi connectivity index (χ1n) is 5.19. The van der Waals surface area contributed by atoms with E-state index in [4.69, 9.17) is 11.5 Å². The largest absolute Gasteiger partial charge is 0.354 e. The van der Waals surface area contributed by atoms with Crippen molar-refractivity contribution in [2.75, 3.05) is 13.1 Å². The first-order valence-corrected chi connectivity index (χ1v) is 5.19. The highest BCUT2D eigenvalue weighted by atomic mass is 16.2. The molecule has 0 saturated heterocycles. The molecule has 0 heterocycles. The summed E-state index contributed by atoms with van der Waals surface area (Å²) in [5.41, 5.74) is 9.50. The number of nitrogens with one attached hydrogen (secondary N) is 2. The van der Waals surface area contributed by atoms with Crippen LogP contribution in [0.2, 0.25) is 0 Å². The highest BCUT2D eigenvalue weighted by molar-refractivity contribution is 5.83. The van der Waals surface area contributed by atoms with Crippen LogP contribution in [0.1, 0.15) is 27.7 Å². The van der Waals surface area contributed by atoms with E-state index in [-0.39, 0.29) is 5.91 Å². The lowest BCUT2D eigenvalue weighted by molar-refractivity contribution is -0.132. The van der Waals surface area contributed by atoms with E-state index < -0.39 is 17.0 Å². The highest BCUT2D eigenvalue weighted by Crippen LogP contribution is 2.27. The third kappa shape index (κ3) is 4.06. The molecule has 0 spiro atoms. The molecule has 6 N–H and O–H groups in total. The molecule has 0 bridgehead atoms. The molecule has 6 nitrogen and oxygen atoms in total. The maximum atomic E-state index is 11.8. The van der Waals surface area contributed by atoms with E-state index in [2.05, 4.69) is 10.6 Å². The van der Waals surface area contributed by atoms with Crippen LogP contribution < -0.4 is 22.1 Å². The number of hydrogen-bond donors (Lipinski definition) is 4. The van der Waals surface area contributed by atoms with Crippen LogP contribution in [0.4, 0.5) is 4.79 Å². The minimum Gasteiger partial charge on any atom is -0.354 e. The van der Waals surface area contributed by atoms with Gasteiger partial charge in [-0.3, -0.25) is 4.79 Å². The van der Waals surface area contributed by atoms with Gasteiger partial charge in [-0.2, -0.15) is 0 Å². The topological polar surface area (TPSA) is 110 Å². The molecular weight excluding hydrogens is 208 g/mol. The standard InChI is InChI=1S/C10H22N4O2/c1-9(2,10(3,4)12)7(15)13-5-6-14-8(11)16/h5-6,12H2,1-4H3,(H,13,15)(H3,11,14,16). The monoisotopic (exact) mass is 230 g/mol. The fourth-order valence-corrected chi connectivity index (χ4v) is 0.875. The molecule has 0 unspecified atom stereocenters. The van der Waals surface area contributed by atoms with Crippen molar-refractivity contribution in [3.8, 4) is 0 Å². The Bertz CT molecular complexity index is 268. The molecule has 0 aromatic heterocycles. The second-order valence-electron chi connectivity index (χ2n) is 4.89. The summed E-state index contributed by atoms with van der Waals surface area (Å²) in [4.78, 5) is 22.2. The third-order valence-corrected chi connectivity index (χ3v) is 2.89. The zero-order chi connectivity index (χ0) is 13.0. The highest BCUT2D eigenvalue weighted by Gasteiger charge is 2.40. The molecule has 0 aliphatic heterocycles. The molecule has 0 rings (SSSR count). The van der Waals surface area contributed by atoms with E-state index in [1.807, 2.05) is 0 Å². The first-order chi connectivity index (χ1) is 7.09. The lowest BCUT2D eigenvalue weighted by atomic mass is 9.74. The third-order valence-electron chi connectivity index (χ3n) is 2.89. The van der Waals surface area contributed by atoms with Gasteiger partial charge in [0.25, 0.3) is 0 Å². The van der Waals surface area contributed by atoms with Crippen molar-refractivity contribution in [2.24, 2.45) is 16.9 Å². The summed E-state index contributed by atoms with van der Waals surface area (Å²) in [5.74, 6) is -0.147. The molecule has 6 heteroatoms. The SMILES string of the molecule is CC(C)(N)C(C)(C)C(=O)NCCNC(N)=O. The zero-order valence-corrected chi connectivity index (χ0v) is 10.4. The van der Waals surface area contributed by atoms with Crippen molar-refractivity contribution < 1.29 is 9.59 Å². The van der Waals surface area contributed by atoms with E-state index in [1.54, 1.807) is 27.7 Å². The Balaban J connectivity index is 4.12. The van der Waals surface area contributed by atoms with Crippen molar-refractivity contribution in [3.63, 3.8) is 0 Å². The van der Waals surface area contributed by atoms with Crippen molar-refractivity contribution in [3.05, 3.63) is 0 Å². The summed E-state index contributed by atoms with van der Waals surface area (Å²) in [6.07, 6.45) is 0. The van der Waals surface area contributed by atoms with Crippen LogP contribution in [-0.4, -0.2) is 30.6 Å². The molecule has 0 atom stereocenters. The Morgan fingerprint density at radius 1 is 1.06 bits per heavy atom. The van der Waals surface area contributed by atoms with Gasteiger partial charge in [-0.15, -0.1) is 0 Å². The summed E-state index contributed by atoms with van der Waals surface area (Å²) in [7, 11) is 0. The van der Waals surface area contributed by atoms with Crippen molar-refractivity contribution in [1.82, 2.24) is 10.6 Å². The summed E-state index contributed by atoms with van der Waals surface area (Å²) >= 11 is 0. The molecule has 0 radical (unpaired) electrons. The number of nitrogens with two attached hydrogens (primary N) is 2. The van der Waals surface area contributed by atoms with Crippen LogP contribution in [0, 0.1) is 5.41 Å². The summed E-state index contributed by atoms with van der Waals surface area (Å²) in [6, 6.07) is -0.604. The van der Waals surface area contributed by atoms with Gasteiger partial charge >= 0.3 is 6.03 Å². The van der Waals surface area contributed by atoms with Gasteiger partial charge in [-0.05, 0) is 27.7 Å². The van der Waals surface area contributed by atoms with Gasteiger partial charge in [-0.25, -0.2) is 4.79 Å². The summed E-state index contributed by atoms with van der Waals surface area (Å²) < 4.78 is 0. The predicted octanol–water partition coefficient (Wildman–Crippen LogP) is -0.466. The first kappa shape index (κ1) is 14.7. The molecular formula is C10H22N4O2. The number of rotatable bonds is 5. The number of urea groups is 1. The minimum absolute atomic E-state index is 0.147. The molecule has 16 heavy (non-hydrogen) atoms. The van der Waals surface area contributed by atoms with Crippen LogP contribution in [0.25, 0.3) is 0 Å². The fraction of sp³-hybridized carbons (Fsp3) is 0.800. The van der Waals surface area contributed by atoms with Gasteiger partial charge in [0, 0.05) is 18.6 Å². The Labute approximate surface area is 96.1 Å². The predicted molar refractivity (Wildman–Crippen MR) is 62.6 cm³/mol. The maximum Gasteiger partial charge on any atom is 0.312 e. The van der Waals surface area contributed by atoms with Crippen LogP contribution in [0.3, 0.4) is 0 Å². The maximum absolute atomic E-state index is 11.8. The lowest BCUT2D eigenvalue weighted by Gasteiger charge is -2.36. The number of amides is 3. The smallest absolute Gasteiger partial charge is 0.312 e. The van der Waals surface area contributed by atoms with E-state index in [1.165, 1.54) is 0 Å². The van der Waals surface area contributed by atoms with Gasteiger partial charge in [0.2, 0.25) is 5.91 Å². The van der Waals surface area contributed by atoms with Crippen LogP contribution in [0.15, 0.2) is 0 Å². The number of carbonyl (C=O) groups excluding carboxylic acids is 2. The molecule has 0 aromatic rings. The quantitative estimate of drug-likeness (QED) is 0.479. The van der Waals surface area contributed by atoms with Crippen molar-refractivity contribution in [1.29, 1.82) is 0 Å². The molecule has 0 fully saturated rings. The Morgan fingerprint density at radius 2 is 1.50 bits per heavy atom. The van der Waals surface area contributed by atoms with Crippen molar-refractivity contribution in [2.45, 2.75) is 33.2 Å². The van der Waals surface area contributed by atoms with Crippen molar-refractivity contribution >= 4 is 11.9 Å². The van der Waals surface area contributed by atoms with Gasteiger partial charge in [0.1, 0.15) is 0 Å². The number of primary amides is 1. The zero-order valence-electron chi connectivity index (χ0n) is 10.4. The molecule has 0 aromatic carbocycles. The second-order valence-corrected chi connectivity index (χ2v) is 4.89. The molecule has 94 valence electrons. The van der Waals surface area contributed by atoms with Gasteiger partial charge in [-0.1, -0.05) is 0 Å². The summed E-state index contributed by atoms with van der Waals surface area (Å²) in [6.45, 7) is 7.81. The van der Waals surface area contributed by atoms with Gasteiger partial charge in [0.05, 0.1) is 5.41 Å². The van der Waals surface area contributed by atoms with Crippen LogP contribution in [-0.2, 0) is 4.79 Å². The molecule has 0 aliphatic rings. The Morgan fingerprint density at radius 3 is 1.88 bits per heavy atom. The average Bonchev–Trinajstić information content (AvgIpc) is 2.09. The average molecular weight is 230 g/mol. The number of carbonyl (C=O) groups is 2. The van der Waals surface area contributed by atoms with E-state index in [0.717, 1.165) is 0 Å². The Kier molecular flexibility index (Phi) is 4.74. The van der Waals surface area contributed by atoms with E-state index in [0.29, 0.717) is 13.1 Å². The van der Waals surface area contributed by atoms with Gasteiger partial charge in [0.15, 0.2) is 0 Å².